The van der Waals surface area contributed by atoms with Gasteiger partial charge in [-0.2, -0.15) is 0 Å². The van der Waals surface area contributed by atoms with Crippen molar-refractivity contribution in [2.24, 2.45) is 0 Å². The largest absolute Gasteiger partial charge is 0.497 e. The quantitative estimate of drug-likeness (QED) is 0.771. The molecule has 0 heterocycles. The van der Waals surface area contributed by atoms with Gasteiger partial charge < -0.3 is 19.5 Å². The molecule has 0 saturated heterocycles. The Morgan fingerprint density at radius 3 is 2.61 bits per heavy atom. The van der Waals surface area contributed by atoms with Gasteiger partial charge in [-0.1, -0.05) is 0 Å². The van der Waals surface area contributed by atoms with Crippen molar-refractivity contribution in [3.63, 3.8) is 0 Å². The Morgan fingerprint density at radius 2 is 2.00 bits per heavy atom. The SMILES string of the molecule is CCOC(C)CNCc1cc(OC)ccc1OC. The Hall–Kier alpha value is -1.26. The molecule has 4 heteroatoms. The average Bonchev–Trinajstić information content (AvgIpc) is 2.39. The summed E-state index contributed by atoms with van der Waals surface area (Å²) in [5, 5.41) is 3.35. The van der Waals surface area contributed by atoms with Crippen molar-refractivity contribution in [1.29, 1.82) is 0 Å². The number of nitrogens with one attached hydrogen (secondary N) is 1. The maximum Gasteiger partial charge on any atom is 0.123 e. The third kappa shape index (κ3) is 4.55. The number of methoxy groups -OCH3 is 2. The van der Waals surface area contributed by atoms with Crippen molar-refractivity contribution in [3.8, 4) is 11.5 Å². The Kier molecular flexibility index (Phi) is 6.54. The van der Waals surface area contributed by atoms with E-state index in [-0.39, 0.29) is 6.10 Å². The fourth-order valence-corrected chi connectivity index (χ4v) is 1.77. The molecule has 0 saturated carbocycles. The molecule has 18 heavy (non-hydrogen) atoms. The predicted octanol–water partition coefficient (Wildman–Crippen LogP) is 2.22. The fraction of sp³-hybridized carbons (Fsp3) is 0.571. The second-order valence-electron chi connectivity index (χ2n) is 4.07. The van der Waals surface area contributed by atoms with Crippen LogP contribution in [0.3, 0.4) is 0 Å². The van der Waals surface area contributed by atoms with Crippen LogP contribution in [-0.2, 0) is 11.3 Å². The summed E-state index contributed by atoms with van der Waals surface area (Å²) in [7, 11) is 3.34. The summed E-state index contributed by atoms with van der Waals surface area (Å²) < 4.78 is 16.0. The first-order chi connectivity index (χ1) is 8.71. The molecule has 1 aromatic carbocycles. The van der Waals surface area contributed by atoms with Gasteiger partial charge >= 0.3 is 0 Å². The highest BCUT2D eigenvalue weighted by atomic mass is 16.5. The van der Waals surface area contributed by atoms with E-state index in [1.807, 2.05) is 25.1 Å². The predicted molar refractivity (Wildman–Crippen MR) is 72.3 cm³/mol. The Bertz CT molecular complexity index is 355. The van der Waals surface area contributed by atoms with Gasteiger partial charge in [0.15, 0.2) is 0 Å². The van der Waals surface area contributed by atoms with E-state index >= 15 is 0 Å². The first kappa shape index (κ1) is 14.8. The number of benzene rings is 1. The van der Waals surface area contributed by atoms with Crippen LogP contribution in [0.4, 0.5) is 0 Å². The fourth-order valence-electron chi connectivity index (χ4n) is 1.77. The van der Waals surface area contributed by atoms with Crippen molar-refractivity contribution < 1.29 is 14.2 Å². The Morgan fingerprint density at radius 1 is 1.22 bits per heavy atom. The van der Waals surface area contributed by atoms with Crippen molar-refractivity contribution in [3.05, 3.63) is 23.8 Å². The van der Waals surface area contributed by atoms with Crippen molar-refractivity contribution in [2.45, 2.75) is 26.5 Å². The topological polar surface area (TPSA) is 39.7 Å². The number of ether oxygens (including phenoxy) is 3. The molecule has 4 nitrogen and oxygen atoms in total. The minimum Gasteiger partial charge on any atom is -0.497 e. The third-order valence-electron chi connectivity index (χ3n) is 2.69. The maximum absolute atomic E-state index is 5.46. The van der Waals surface area contributed by atoms with Crippen molar-refractivity contribution in [1.82, 2.24) is 5.32 Å². The van der Waals surface area contributed by atoms with E-state index < -0.39 is 0 Å². The van der Waals surface area contributed by atoms with Gasteiger partial charge in [-0.05, 0) is 32.0 Å². The zero-order valence-electron chi connectivity index (χ0n) is 11.7. The molecule has 0 aliphatic carbocycles. The normalized spacial score (nSPS) is 12.2. The van der Waals surface area contributed by atoms with E-state index in [0.29, 0.717) is 0 Å². The Labute approximate surface area is 109 Å². The molecule has 0 aromatic heterocycles. The van der Waals surface area contributed by atoms with Crippen LogP contribution in [0.1, 0.15) is 19.4 Å². The van der Waals surface area contributed by atoms with Gasteiger partial charge in [0.1, 0.15) is 11.5 Å². The molecule has 1 atom stereocenters. The van der Waals surface area contributed by atoms with Gasteiger partial charge in [0.2, 0.25) is 0 Å². The molecule has 102 valence electrons. The lowest BCUT2D eigenvalue weighted by molar-refractivity contribution is 0.0759. The second-order valence-corrected chi connectivity index (χ2v) is 4.07. The van der Waals surface area contributed by atoms with Crippen LogP contribution in [0.2, 0.25) is 0 Å². The molecule has 0 fully saturated rings. The van der Waals surface area contributed by atoms with Gasteiger partial charge in [-0.15, -0.1) is 0 Å². The minimum absolute atomic E-state index is 0.214. The molecule has 0 radical (unpaired) electrons. The summed E-state index contributed by atoms with van der Waals surface area (Å²) in [4.78, 5) is 0. The van der Waals surface area contributed by atoms with E-state index in [2.05, 4.69) is 12.2 Å². The second kappa shape index (κ2) is 7.95. The lowest BCUT2D eigenvalue weighted by Gasteiger charge is -2.14. The van der Waals surface area contributed by atoms with Gasteiger partial charge in [-0.25, -0.2) is 0 Å². The van der Waals surface area contributed by atoms with E-state index in [9.17, 15) is 0 Å². The highest BCUT2D eigenvalue weighted by molar-refractivity contribution is 5.40. The molecule has 0 spiro atoms. The number of hydrogen-bond donors (Lipinski definition) is 1. The molecule has 1 unspecified atom stereocenters. The molecular weight excluding hydrogens is 230 g/mol. The summed E-state index contributed by atoms with van der Waals surface area (Å²) in [6, 6.07) is 5.80. The van der Waals surface area contributed by atoms with Crippen LogP contribution in [0, 0.1) is 0 Å². The average molecular weight is 253 g/mol. The lowest BCUT2D eigenvalue weighted by Crippen LogP contribution is -2.26. The van der Waals surface area contributed by atoms with Gasteiger partial charge in [0.25, 0.3) is 0 Å². The molecule has 1 N–H and O–H groups in total. The molecule has 1 aromatic rings. The van der Waals surface area contributed by atoms with E-state index in [1.165, 1.54) is 0 Å². The van der Waals surface area contributed by atoms with Crippen LogP contribution in [0.15, 0.2) is 18.2 Å². The van der Waals surface area contributed by atoms with Crippen LogP contribution < -0.4 is 14.8 Å². The number of rotatable bonds is 8. The molecule has 0 amide bonds. The molecule has 1 rings (SSSR count). The zero-order chi connectivity index (χ0) is 13.4. The molecule has 0 aliphatic heterocycles. The van der Waals surface area contributed by atoms with E-state index in [1.54, 1.807) is 14.2 Å². The summed E-state index contributed by atoms with van der Waals surface area (Å²) in [6.45, 7) is 6.35. The number of hydrogen-bond acceptors (Lipinski definition) is 4. The van der Waals surface area contributed by atoms with Crippen LogP contribution in [-0.4, -0.2) is 33.5 Å². The highest BCUT2D eigenvalue weighted by Gasteiger charge is 2.06. The van der Waals surface area contributed by atoms with Crippen LogP contribution >= 0.6 is 0 Å². The first-order valence-corrected chi connectivity index (χ1v) is 6.24. The van der Waals surface area contributed by atoms with Crippen LogP contribution in [0.25, 0.3) is 0 Å². The minimum atomic E-state index is 0.214. The summed E-state index contributed by atoms with van der Waals surface area (Å²) in [6.07, 6.45) is 0.214. The monoisotopic (exact) mass is 253 g/mol. The molecule has 0 aliphatic rings. The lowest BCUT2D eigenvalue weighted by atomic mass is 10.2. The highest BCUT2D eigenvalue weighted by Crippen LogP contribution is 2.23. The van der Waals surface area contributed by atoms with Crippen molar-refractivity contribution in [2.75, 3.05) is 27.4 Å². The summed E-state index contributed by atoms with van der Waals surface area (Å²) >= 11 is 0. The smallest absolute Gasteiger partial charge is 0.123 e. The maximum atomic E-state index is 5.46. The molecular formula is C14H23NO3. The standard InChI is InChI=1S/C14H23NO3/c1-5-18-11(2)9-15-10-12-8-13(16-3)6-7-14(12)17-4/h6-8,11,15H,5,9-10H2,1-4H3. The summed E-state index contributed by atoms with van der Waals surface area (Å²) in [5.41, 5.74) is 1.08. The third-order valence-corrected chi connectivity index (χ3v) is 2.69. The zero-order valence-corrected chi connectivity index (χ0v) is 11.7. The first-order valence-electron chi connectivity index (χ1n) is 6.24. The van der Waals surface area contributed by atoms with Crippen LogP contribution in [0.5, 0.6) is 11.5 Å². The van der Waals surface area contributed by atoms with Gasteiger partial charge in [-0.3, -0.25) is 0 Å². The summed E-state index contributed by atoms with van der Waals surface area (Å²) in [5.74, 6) is 1.71. The van der Waals surface area contributed by atoms with Gasteiger partial charge in [0.05, 0.1) is 20.3 Å². The van der Waals surface area contributed by atoms with Gasteiger partial charge in [0, 0.05) is 25.3 Å². The van der Waals surface area contributed by atoms with E-state index in [4.69, 9.17) is 14.2 Å². The molecule has 0 bridgehead atoms. The van der Waals surface area contributed by atoms with Crippen molar-refractivity contribution >= 4 is 0 Å². The van der Waals surface area contributed by atoms with E-state index in [0.717, 1.165) is 36.8 Å². The Balaban J connectivity index is 2.54.